The molecule has 0 aliphatic rings. The van der Waals surface area contributed by atoms with Gasteiger partial charge in [0.1, 0.15) is 5.75 Å². The predicted molar refractivity (Wildman–Crippen MR) is 120 cm³/mol. The highest BCUT2D eigenvalue weighted by Crippen LogP contribution is 2.24. The summed E-state index contributed by atoms with van der Waals surface area (Å²) >= 11 is 3.45. The maximum atomic E-state index is 13.4. The molecule has 0 aliphatic heterocycles. The molecular weight excluding hydrogens is 446 g/mol. The van der Waals surface area contributed by atoms with Gasteiger partial charge in [-0.05, 0) is 60.7 Å². The minimum Gasteiger partial charge on any atom is -0.508 e. The van der Waals surface area contributed by atoms with Crippen LogP contribution in [0.25, 0.3) is 38.9 Å². The average Bonchev–Trinajstić information content (AvgIpc) is 2.74. The quantitative estimate of drug-likeness (QED) is 0.410. The Kier molecular flexibility index (Phi) is 4.25. The summed E-state index contributed by atoms with van der Waals surface area (Å²) in [4.78, 5) is 33.9. The summed E-state index contributed by atoms with van der Waals surface area (Å²) in [5.74, 6) is 0.308. The van der Waals surface area contributed by atoms with Crippen LogP contribution in [0.5, 0.6) is 5.75 Å². The number of para-hydroxylation sites is 1. The molecule has 5 rings (SSSR count). The summed E-state index contributed by atoms with van der Waals surface area (Å²) in [6.45, 7) is 0. The van der Waals surface area contributed by atoms with Crippen LogP contribution in [0.15, 0.2) is 86.9 Å². The molecule has 7 heteroatoms. The van der Waals surface area contributed by atoms with Crippen LogP contribution < -0.4 is 11.1 Å². The maximum absolute atomic E-state index is 13.4. The Morgan fingerprint density at radius 1 is 0.933 bits per heavy atom. The molecule has 5 aromatic rings. The van der Waals surface area contributed by atoms with E-state index in [0.717, 1.165) is 9.86 Å². The summed E-state index contributed by atoms with van der Waals surface area (Å²) < 4.78 is 2.27. The molecule has 0 radical (unpaired) electrons. The molecule has 0 bridgehead atoms. The normalized spacial score (nSPS) is 11.2. The molecule has 2 N–H and O–H groups in total. The second kappa shape index (κ2) is 6.96. The van der Waals surface area contributed by atoms with Gasteiger partial charge in [-0.25, -0.2) is 4.98 Å². The molecule has 0 amide bonds. The van der Waals surface area contributed by atoms with Gasteiger partial charge in [0, 0.05) is 15.4 Å². The molecule has 0 saturated carbocycles. The Balaban J connectivity index is 1.91. The molecule has 0 unspecified atom stereocenters. The zero-order valence-corrected chi connectivity index (χ0v) is 17.1. The Hall–Kier alpha value is -3.71. The first-order valence-corrected chi connectivity index (χ1v) is 9.95. The van der Waals surface area contributed by atoms with E-state index in [9.17, 15) is 14.7 Å². The lowest BCUT2D eigenvalue weighted by atomic mass is 10.1. The molecule has 2 aromatic heterocycles. The number of fused-ring (bicyclic) bond motifs is 2. The molecule has 146 valence electrons. The van der Waals surface area contributed by atoms with Crippen molar-refractivity contribution >= 4 is 37.7 Å². The highest BCUT2D eigenvalue weighted by atomic mass is 79.9. The fourth-order valence-electron chi connectivity index (χ4n) is 3.50. The summed E-state index contributed by atoms with van der Waals surface area (Å²) in [6, 6.07) is 20.5. The van der Waals surface area contributed by atoms with Crippen LogP contribution in [0.4, 0.5) is 0 Å². The highest BCUT2D eigenvalue weighted by molar-refractivity contribution is 9.10. The monoisotopic (exact) mass is 459 g/mol. The Labute approximate surface area is 178 Å². The number of phenolic OH excluding ortho intramolecular Hbond substituents is 1. The molecule has 3 aromatic carbocycles. The first-order valence-electron chi connectivity index (χ1n) is 9.15. The highest BCUT2D eigenvalue weighted by Gasteiger charge is 2.17. The van der Waals surface area contributed by atoms with Gasteiger partial charge in [-0.15, -0.1) is 0 Å². The number of nitrogens with zero attached hydrogens (tertiary/aromatic N) is 2. The van der Waals surface area contributed by atoms with Crippen LogP contribution in [0, 0.1) is 0 Å². The number of H-pyrrole nitrogens is 1. The van der Waals surface area contributed by atoms with Crippen molar-refractivity contribution in [1.82, 2.24) is 14.5 Å². The molecule has 6 nitrogen and oxygen atoms in total. The first kappa shape index (κ1) is 18.3. The van der Waals surface area contributed by atoms with Crippen molar-refractivity contribution in [3.8, 4) is 22.8 Å². The number of aromatic amines is 1. The standard InChI is InChI=1S/C23H14BrN3O3/c24-14-5-10-19-13(11-14)12-18(22(29)26-19)21-25-20-4-2-1-3-17(20)23(30)27(21)15-6-8-16(28)9-7-15/h1-12,28H,(H,26,29). The van der Waals surface area contributed by atoms with Gasteiger partial charge in [0.15, 0.2) is 5.82 Å². The van der Waals surface area contributed by atoms with Gasteiger partial charge >= 0.3 is 0 Å². The van der Waals surface area contributed by atoms with Gasteiger partial charge in [-0.1, -0.05) is 28.1 Å². The van der Waals surface area contributed by atoms with E-state index in [0.29, 0.717) is 22.1 Å². The number of halogens is 1. The molecule has 30 heavy (non-hydrogen) atoms. The third kappa shape index (κ3) is 3.00. The number of hydrogen-bond donors (Lipinski definition) is 2. The van der Waals surface area contributed by atoms with Gasteiger partial charge < -0.3 is 10.1 Å². The average molecular weight is 460 g/mol. The van der Waals surface area contributed by atoms with Crippen LogP contribution in [-0.2, 0) is 0 Å². The lowest BCUT2D eigenvalue weighted by molar-refractivity contribution is 0.475. The van der Waals surface area contributed by atoms with E-state index in [1.807, 2.05) is 18.2 Å². The molecule has 0 spiro atoms. The van der Waals surface area contributed by atoms with Gasteiger partial charge in [-0.3, -0.25) is 14.2 Å². The topological polar surface area (TPSA) is 88.0 Å². The van der Waals surface area contributed by atoms with Gasteiger partial charge in [0.25, 0.3) is 11.1 Å². The Morgan fingerprint density at radius 3 is 2.50 bits per heavy atom. The van der Waals surface area contributed by atoms with Crippen LogP contribution in [0.3, 0.4) is 0 Å². The summed E-state index contributed by atoms with van der Waals surface area (Å²) in [7, 11) is 0. The SMILES string of the molecule is O=c1[nH]c2ccc(Br)cc2cc1-c1nc2ccccc2c(=O)n1-c1ccc(O)cc1. The number of phenols is 1. The second-order valence-corrected chi connectivity index (χ2v) is 7.77. The number of aromatic nitrogens is 3. The molecule has 0 atom stereocenters. The molecule has 2 heterocycles. The summed E-state index contributed by atoms with van der Waals surface area (Å²) in [5.41, 5.74) is 1.32. The van der Waals surface area contributed by atoms with Crippen molar-refractivity contribution in [3.05, 3.63) is 98.0 Å². The van der Waals surface area contributed by atoms with Gasteiger partial charge in [0.05, 0.1) is 22.2 Å². The zero-order valence-electron chi connectivity index (χ0n) is 15.5. The lowest BCUT2D eigenvalue weighted by Crippen LogP contribution is -2.24. The summed E-state index contributed by atoms with van der Waals surface area (Å²) in [5, 5.41) is 10.9. The smallest absolute Gasteiger partial charge is 0.266 e. The van der Waals surface area contributed by atoms with Crippen molar-refractivity contribution in [2.75, 3.05) is 0 Å². The maximum Gasteiger partial charge on any atom is 0.266 e. The molecule has 0 aliphatic carbocycles. The van der Waals surface area contributed by atoms with Crippen molar-refractivity contribution < 1.29 is 5.11 Å². The fourth-order valence-corrected chi connectivity index (χ4v) is 3.88. The first-order chi connectivity index (χ1) is 14.5. The van der Waals surface area contributed by atoms with Crippen molar-refractivity contribution in [3.63, 3.8) is 0 Å². The van der Waals surface area contributed by atoms with Crippen LogP contribution >= 0.6 is 15.9 Å². The van der Waals surface area contributed by atoms with E-state index < -0.39 is 0 Å². The molecule has 0 fully saturated rings. The van der Waals surface area contributed by atoms with E-state index in [2.05, 4.69) is 25.9 Å². The van der Waals surface area contributed by atoms with E-state index in [-0.39, 0.29) is 28.3 Å². The van der Waals surface area contributed by atoms with E-state index in [4.69, 9.17) is 0 Å². The van der Waals surface area contributed by atoms with E-state index >= 15 is 0 Å². The lowest BCUT2D eigenvalue weighted by Gasteiger charge is -2.14. The Bertz CT molecular complexity index is 1550. The second-order valence-electron chi connectivity index (χ2n) is 6.85. The van der Waals surface area contributed by atoms with Crippen molar-refractivity contribution in [2.24, 2.45) is 0 Å². The van der Waals surface area contributed by atoms with Crippen molar-refractivity contribution in [2.45, 2.75) is 0 Å². The number of benzene rings is 3. The summed E-state index contributed by atoms with van der Waals surface area (Å²) in [6.07, 6.45) is 0. The molecule has 0 saturated heterocycles. The zero-order chi connectivity index (χ0) is 20.8. The Morgan fingerprint density at radius 2 is 1.70 bits per heavy atom. The van der Waals surface area contributed by atoms with Crippen LogP contribution in [0.1, 0.15) is 0 Å². The minimum atomic E-state index is -0.348. The number of nitrogens with one attached hydrogen (secondary N) is 1. The minimum absolute atomic E-state index is 0.0792. The number of aromatic hydroxyl groups is 1. The number of hydrogen-bond acceptors (Lipinski definition) is 4. The number of pyridine rings is 1. The number of rotatable bonds is 2. The van der Waals surface area contributed by atoms with E-state index in [1.165, 1.54) is 16.7 Å². The third-order valence-corrected chi connectivity index (χ3v) is 5.42. The molecular formula is C23H14BrN3O3. The van der Waals surface area contributed by atoms with Gasteiger partial charge in [0.2, 0.25) is 0 Å². The van der Waals surface area contributed by atoms with Crippen LogP contribution in [0.2, 0.25) is 0 Å². The predicted octanol–water partition coefficient (Wildman–Crippen LogP) is 4.36. The van der Waals surface area contributed by atoms with Crippen LogP contribution in [-0.4, -0.2) is 19.6 Å². The van der Waals surface area contributed by atoms with Gasteiger partial charge in [-0.2, -0.15) is 0 Å². The van der Waals surface area contributed by atoms with E-state index in [1.54, 1.807) is 42.5 Å². The fraction of sp³-hybridized carbons (Fsp3) is 0. The largest absolute Gasteiger partial charge is 0.508 e. The van der Waals surface area contributed by atoms with Crippen molar-refractivity contribution in [1.29, 1.82) is 0 Å². The third-order valence-electron chi connectivity index (χ3n) is 4.93.